The molecule has 0 rings (SSSR count). The van der Waals surface area contributed by atoms with E-state index in [0.717, 1.165) is 31.1 Å². The van der Waals surface area contributed by atoms with Crippen LogP contribution in [0.3, 0.4) is 0 Å². The van der Waals surface area contributed by atoms with Crippen LogP contribution in [0.15, 0.2) is 48.6 Å². The summed E-state index contributed by atoms with van der Waals surface area (Å²) in [6.07, 6.45) is 19.8. The highest BCUT2D eigenvalue weighted by molar-refractivity contribution is 5.79. The molecule has 1 N–H and O–H groups in total. The lowest BCUT2D eigenvalue weighted by Gasteiger charge is -2.04. The van der Waals surface area contributed by atoms with E-state index in [2.05, 4.69) is 13.0 Å². The second-order valence-electron chi connectivity index (χ2n) is 5.72. The van der Waals surface area contributed by atoms with Crippen molar-refractivity contribution in [2.24, 2.45) is 0 Å². The number of carbonyl (C=O) groups is 1. The van der Waals surface area contributed by atoms with Crippen molar-refractivity contribution in [2.75, 3.05) is 0 Å². The highest BCUT2D eigenvalue weighted by Crippen LogP contribution is 2.18. The van der Waals surface area contributed by atoms with Crippen LogP contribution < -0.4 is 0 Å². The average molecular weight is 340 g/mol. The summed E-state index contributed by atoms with van der Waals surface area (Å²) in [7, 11) is 0. The van der Waals surface area contributed by atoms with Gasteiger partial charge < -0.3 is 5.11 Å². The molecular weight excluding hydrogens is 310 g/mol. The maximum atomic E-state index is 13.4. The first-order chi connectivity index (χ1) is 11.5. The lowest BCUT2D eigenvalue weighted by Crippen LogP contribution is -2.06. The third-order valence-corrected chi connectivity index (χ3v) is 3.38. The SMILES string of the molecule is CCCCCCCCC=CCC=CC(F)(F)C=CCC=CC(=O)O. The van der Waals surface area contributed by atoms with Crippen LogP contribution in [0.2, 0.25) is 0 Å². The molecule has 2 nitrogen and oxygen atoms in total. The van der Waals surface area contributed by atoms with Crippen LogP contribution in [0.5, 0.6) is 0 Å². The molecule has 0 aliphatic heterocycles. The molecule has 0 fully saturated rings. The Hall–Kier alpha value is -1.71. The first kappa shape index (κ1) is 22.3. The fraction of sp³-hybridized carbons (Fsp3) is 0.550. The molecule has 0 aromatic carbocycles. The molecule has 24 heavy (non-hydrogen) atoms. The molecule has 0 unspecified atom stereocenters. The molecule has 0 radical (unpaired) electrons. The van der Waals surface area contributed by atoms with E-state index in [4.69, 9.17) is 5.11 Å². The van der Waals surface area contributed by atoms with Gasteiger partial charge in [0.15, 0.2) is 0 Å². The highest BCUT2D eigenvalue weighted by Gasteiger charge is 2.19. The molecule has 0 aliphatic rings. The number of allylic oxidation sites excluding steroid dienone is 7. The van der Waals surface area contributed by atoms with E-state index in [9.17, 15) is 13.6 Å². The number of aliphatic carboxylic acids is 1. The largest absolute Gasteiger partial charge is 0.478 e. The molecule has 0 saturated carbocycles. The number of carboxylic acid groups (broad SMARTS) is 1. The number of alkyl halides is 2. The molecule has 136 valence electrons. The molecule has 0 heterocycles. The number of halogens is 2. The summed E-state index contributed by atoms with van der Waals surface area (Å²) in [5.74, 6) is -4.08. The van der Waals surface area contributed by atoms with E-state index in [-0.39, 0.29) is 6.42 Å². The van der Waals surface area contributed by atoms with Crippen LogP contribution in [0, 0.1) is 0 Å². The quantitative estimate of drug-likeness (QED) is 0.224. The van der Waals surface area contributed by atoms with Gasteiger partial charge in [-0.1, -0.05) is 69.4 Å². The summed E-state index contributed by atoms with van der Waals surface area (Å²) in [4.78, 5) is 10.2. The summed E-state index contributed by atoms with van der Waals surface area (Å²) < 4.78 is 26.9. The highest BCUT2D eigenvalue weighted by atomic mass is 19.3. The normalized spacial score (nSPS) is 13.1. The molecule has 0 atom stereocenters. The van der Waals surface area contributed by atoms with Gasteiger partial charge in [-0.25, -0.2) is 4.79 Å². The van der Waals surface area contributed by atoms with Gasteiger partial charge in [-0.05, 0) is 37.8 Å². The van der Waals surface area contributed by atoms with Gasteiger partial charge in [-0.3, -0.25) is 0 Å². The van der Waals surface area contributed by atoms with Gasteiger partial charge in [-0.15, -0.1) is 0 Å². The first-order valence-electron chi connectivity index (χ1n) is 8.75. The standard InChI is InChI=1S/C20H30F2O2/c1-2-3-4-5-6-7-8-9-10-11-14-17-20(21,22)18-15-12-13-16-19(23)24/h9-10,13-18H,2-8,11-12H2,1H3,(H,23,24). The van der Waals surface area contributed by atoms with Crippen molar-refractivity contribution in [3.8, 4) is 0 Å². The maximum absolute atomic E-state index is 13.4. The van der Waals surface area contributed by atoms with Crippen molar-refractivity contribution in [3.63, 3.8) is 0 Å². The fourth-order valence-corrected chi connectivity index (χ4v) is 2.09. The minimum atomic E-state index is -3.00. The lowest BCUT2D eigenvalue weighted by atomic mass is 10.1. The van der Waals surface area contributed by atoms with E-state index in [0.29, 0.717) is 6.42 Å². The van der Waals surface area contributed by atoms with Crippen molar-refractivity contribution in [3.05, 3.63) is 48.6 Å². The fourth-order valence-electron chi connectivity index (χ4n) is 2.09. The Bertz CT molecular complexity index is 435. The maximum Gasteiger partial charge on any atom is 0.327 e. The Balaban J connectivity index is 3.81. The van der Waals surface area contributed by atoms with Crippen molar-refractivity contribution >= 4 is 5.97 Å². The third-order valence-electron chi connectivity index (χ3n) is 3.38. The van der Waals surface area contributed by atoms with E-state index < -0.39 is 11.9 Å². The second-order valence-corrected chi connectivity index (χ2v) is 5.72. The topological polar surface area (TPSA) is 37.3 Å². The molecule has 0 aromatic heterocycles. The van der Waals surface area contributed by atoms with Crippen LogP contribution in [0.25, 0.3) is 0 Å². The van der Waals surface area contributed by atoms with Crippen LogP contribution in [0.1, 0.15) is 64.7 Å². The molecule has 0 aromatic rings. The Morgan fingerprint density at radius 2 is 1.46 bits per heavy atom. The zero-order valence-corrected chi connectivity index (χ0v) is 14.6. The van der Waals surface area contributed by atoms with Gasteiger partial charge >= 0.3 is 5.97 Å². The number of carboxylic acids is 1. The molecule has 0 aliphatic carbocycles. The van der Waals surface area contributed by atoms with Gasteiger partial charge in [-0.2, -0.15) is 8.78 Å². The zero-order chi connectivity index (χ0) is 18.1. The van der Waals surface area contributed by atoms with Gasteiger partial charge in [0.05, 0.1) is 0 Å². The Labute approximate surface area is 144 Å². The molecular formula is C20H30F2O2. The first-order valence-corrected chi connectivity index (χ1v) is 8.75. The minimum absolute atomic E-state index is 0.174. The number of rotatable bonds is 14. The van der Waals surface area contributed by atoms with Gasteiger partial charge in [0, 0.05) is 6.08 Å². The summed E-state index contributed by atoms with van der Waals surface area (Å²) in [6.45, 7) is 2.20. The average Bonchev–Trinajstić information content (AvgIpc) is 2.52. The molecule has 0 saturated heterocycles. The van der Waals surface area contributed by atoms with Gasteiger partial charge in [0.2, 0.25) is 0 Å². The van der Waals surface area contributed by atoms with E-state index in [1.807, 2.05) is 6.08 Å². The van der Waals surface area contributed by atoms with Crippen molar-refractivity contribution < 1.29 is 18.7 Å². The Morgan fingerprint density at radius 1 is 0.875 bits per heavy atom. The molecule has 0 bridgehead atoms. The summed E-state index contributed by atoms with van der Waals surface area (Å²) in [5.41, 5.74) is 0. The molecule has 4 heteroatoms. The predicted molar refractivity (Wildman–Crippen MR) is 96.4 cm³/mol. The van der Waals surface area contributed by atoms with E-state index >= 15 is 0 Å². The van der Waals surface area contributed by atoms with Crippen LogP contribution in [-0.2, 0) is 4.79 Å². The van der Waals surface area contributed by atoms with Crippen LogP contribution in [0.4, 0.5) is 8.78 Å². The number of hydrogen-bond acceptors (Lipinski definition) is 1. The van der Waals surface area contributed by atoms with Gasteiger partial charge in [0.1, 0.15) is 0 Å². The van der Waals surface area contributed by atoms with Crippen LogP contribution in [-0.4, -0.2) is 17.0 Å². The Kier molecular flexibility index (Phi) is 13.8. The predicted octanol–water partition coefficient (Wildman–Crippen LogP) is 6.46. The molecule has 0 spiro atoms. The lowest BCUT2D eigenvalue weighted by molar-refractivity contribution is -0.131. The minimum Gasteiger partial charge on any atom is -0.478 e. The van der Waals surface area contributed by atoms with E-state index in [1.54, 1.807) is 0 Å². The van der Waals surface area contributed by atoms with Crippen molar-refractivity contribution in [1.82, 2.24) is 0 Å². The number of unbranched alkanes of at least 4 members (excludes halogenated alkanes) is 6. The summed E-state index contributed by atoms with van der Waals surface area (Å²) >= 11 is 0. The monoisotopic (exact) mass is 340 g/mol. The van der Waals surface area contributed by atoms with Crippen molar-refractivity contribution in [1.29, 1.82) is 0 Å². The van der Waals surface area contributed by atoms with Crippen LogP contribution >= 0.6 is 0 Å². The third kappa shape index (κ3) is 16.7. The summed E-state index contributed by atoms with van der Waals surface area (Å²) in [5, 5.41) is 8.37. The van der Waals surface area contributed by atoms with Gasteiger partial charge in [0.25, 0.3) is 5.92 Å². The summed E-state index contributed by atoms with van der Waals surface area (Å²) in [6, 6.07) is 0. The second kappa shape index (κ2) is 14.9. The molecule has 0 amide bonds. The zero-order valence-electron chi connectivity index (χ0n) is 14.6. The number of hydrogen-bond donors (Lipinski definition) is 1. The van der Waals surface area contributed by atoms with Crippen molar-refractivity contribution in [2.45, 2.75) is 70.6 Å². The Morgan fingerprint density at radius 3 is 2.08 bits per heavy atom. The van der Waals surface area contributed by atoms with E-state index in [1.165, 1.54) is 50.3 Å². The smallest absolute Gasteiger partial charge is 0.327 e.